The number of carbonyl (C=O) groups is 1. The van der Waals surface area contributed by atoms with Crippen LogP contribution in [-0.4, -0.2) is 32.6 Å². The van der Waals surface area contributed by atoms with Crippen molar-refractivity contribution < 1.29 is 9.90 Å². The minimum Gasteiger partial charge on any atom is -0.508 e. The molecule has 0 aliphatic carbocycles. The molecule has 0 unspecified atom stereocenters. The first-order chi connectivity index (χ1) is 15.7. The summed E-state index contributed by atoms with van der Waals surface area (Å²) in [5.41, 5.74) is 3.94. The Labute approximate surface area is 190 Å². The van der Waals surface area contributed by atoms with E-state index in [4.69, 9.17) is 4.99 Å². The molecule has 1 aliphatic rings. The largest absolute Gasteiger partial charge is 0.508 e. The molecule has 0 bridgehead atoms. The van der Waals surface area contributed by atoms with E-state index in [0.29, 0.717) is 16.6 Å². The summed E-state index contributed by atoms with van der Waals surface area (Å²) >= 11 is 1.38. The number of amides is 1. The highest BCUT2D eigenvalue weighted by Crippen LogP contribution is 2.34. The molecule has 3 aromatic carbocycles. The maximum atomic E-state index is 13.3. The number of amidine groups is 1. The number of benzene rings is 3. The molecular formula is C26H21N3O2S. The number of nitrogens with zero attached hydrogens (tertiary/aromatic N) is 2. The highest BCUT2D eigenvalue weighted by Gasteiger charge is 2.33. The SMILES string of the molecule is O=C1C(=Cc2ccc(O)cc2)SC(=Nc2ccccc2)N1CCc1c[nH]c2ccccc12. The number of hydrogen-bond donors (Lipinski definition) is 2. The zero-order valence-electron chi connectivity index (χ0n) is 17.2. The van der Waals surface area contributed by atoms with E-state index in [1.165, 1.54) is 22.7 Å². The molecule has 158 valence electrons. The van der Waals surface area contributed by atoms with Gasteiger partial charge in [0.15, 0.2) is 5.17 Å². The van der Waals surface area contributed by atoms with Crippen LogP contribution in [-0.2, 0) is 11.2 Å². The summed E-state index contributed by atoms with van der Waals surface area (Å²) in [6.45, 7) is 0.534. The molecule has 1 aliphatic heterocycles. The number of phenolic OH excluding ortho intramolecular Hbond substituents is 1. The molecule has 32 heavy (non-hydrogen) atoms. The highest BCUT2D eigenvalue weighted by atomic mass is 32.2. The third-order valence-corrected chi connectivity index (χ3v) is 6.35. The van der Waals surface area contributed by atoms with Crippen LogP contribution in [0.15, 0.2) is 95.0 Å². The van der Waals surface area contributed by atoms with E-state index in [9.17, 15) is 9.90 Å². The number of carbonyl (C=O) groups excluding carboxylic acids is 1. The molecule has 0 radical (unpaired) electrons. The molecule has 2 N–H and O–H groups in total. The Bertz CT molecular complexity index is 1320. The van der Waals surface area contributed by atoms with Crippen molar-refractivity contribution >= 4 is 45.5 Å². The van der Waals surface area contributed by atoms with Gasteiger partial charge in [-0.05, 0) is 65.7 Å². The van der Waals surface area contributed by atoms with Gasteiger partial charge in [0.1, 0.15) is 5.75 Å². The second kappa shape index (κ2) is 8.77. The number of fused-ring (bicyclic) bond motifs is 1. The second-order valence-corrected chi connectivity index (χ2v) is 8.51. The van der Waals surface area contributed by atoms with Gasteiger partial charge in [-0.2, -0.15) is 0 Å². The Balaban J connectivity index is 1.45. The minimum atomic E-state index is -0.0578. The quantitative estimate of drug-likeness (QED) is 0.391. The van der Waals surface area contributed by atoms with Gasteiger partial charge in [0, 0.05) is 23.6 Å². The molecule has 1 saturated heterocycles. The van der Waals surface area contributed by atoms with Crippen LogP contribution in [0.25, 0.3) is 17.0 Å². The zero-order valence-corrected chi connectivity index (χ0v) is 18.0. The maximum Gasteiger partial charge on any atom is 0.266 e. The topological polar surface area (TPSA) is 68.7 Å². The van der Waals surface area contributed by atoms with Crippen LogP contribution < -0.4 is 0 Å². The summed E-state index contributed by atoms with van der Waals surface area (Å²) in [6, 6.07) is 24.7. The van der Waals surface area contributed by atoms with E-state index in [1.54, 1.807) is 29.2 Å². The number of aromatic amines is 1. The summed E-state index contributed by atoms with van der Waals surface area (Å²) < 4.78 is 0. The highest BCUT2D eigenvalue weighted by molar-refractivity contribution is 8.18. The molecular weight excluding hydrogens is 418 g/mol. The fourth-order valence-electron chi connectivity index (χ4n) is 3.69. The third kappa shape index (κ3) is 4.18. The van der Waals surface area contributed by atoms with Crippen LogP contribution in [0.5, 0.6) is 5.75 Å². The number of hydrogen-bond acceptors (Lipinski definition) is 4. The third-order valence-electron chi connectivity index (χ3n) is 5.34. The normalized spacial score (nSPS) is 16.5. The standard InChI is InChI=1S/C26H21N3O2S/c30-21-12-10-18(11-13-21)16-24-25(31)29(26(32-24)28-20-6-2-1-3-7-20)15-14-19-17-27-23-9-5-4-8-22(19)23/h1-13,16-17,27,30H,14-15H2. The summed E-state index contributed by atoms with van der Waals surface area (Å²) in [7, 11) is 0. The molecule has 0 saturated carbocycles. The molecule has 0 spiro atoms. The van der Waals surface area contributed by atoms with Gasteiger partial charge in [-0.1, -0.05) is 48.5 Å². The second-order valence-electron chi connectivity index (χ2n) is 7.50. The van der Waals surface area contributed by atoms with Gasteiger partial charge in [-0.15, -0.1) is 0 Å². The molecule has 5 nitrogen and oxygen atoms in total. The van der Waals surface area contributed by atoms with Crippen molar-refractivity contribution in [3.8, 4) is 5.75 Å². The molecule has 1 aromatic heterocycles. The average molecular weight is 440 g/mol. The van der Waals surface area contributed by atoms with Crippen molar-refractivity contribution in [3.05, 3.63) is 101 Å². The maximum absolute atomic E-state index is 13.3. The number of aliphatic imine (C=N–C) groups is 1. The molecule has 5 rings (SSSR count). The zero-order chi connectivity index (χ0) is 21.9. The summed E-state index contributed by atoms with van der Waals surface area (Å²) in [5, 5.41) is 11.4. The van der Waals surface area contributed by atoms with Gasteiger partial charge in [0.05, 0.1) is 10.6 Å². The van der Waals surface area contributed by atoms with Crippen LogP contribution in [0.2, 0.25) is 0 Å². The molecule has 1 amide bonds. The number of nitrogens with one attached hydrogen (secondary N) is 1. The van der Waals surface area contributed by atoms with E-state index in [0.717, 1.165) is 23.2 Å². The van der Waals surface area contributed by atoms with Crippen LogP contribution in [0.1, 0.15) is 11.1 Å². The van der Waals surface area contributed by atoms with Gasteiger partial charge >= 0.3 is 0 Å². The predicted octanol–water partition coefficient (Wildman–Crippen LogP) is 5.72. The first-order valence-corrected chi connectivity index (χ1v) is 11.2. The Morgan fingerprint density at radius 2 is 1.72 bits per heavy atom. The summed E-state index contributed by atoms with van der Waals surface area (Å²) in [5.74, 6) is 0.141. The fraction of sp³-hybridized carbons (Fsp3) is 0.0769. The number of rotatable bonds is 5. The number of para-hydroxylation sites is 2. The predicted molar refractivity (Wildman–Crippen MR) is 131 cm³/mol. The first kappa shape index (κ1) is 20.2. The number of H-pyrrole nitrogens is 1. The van der Waals surface area contributed by atoms with E-state index >= 15 is 0 Å². The molecule has 6 heteroatoms. The van der Waals surface area contributed by atoms with Crippen LogP contribution in [0.4, 0.5) is 5.69 Å². The number of aromatic nitrogens is 1. The summed E-state index contributed by atoms with van der Waals surface area (Å²) in [6.07, 6.45) is 4.58. The fourth-order valence-corrected chi connectivity index (χ4v) is 4.72. The van der Waals surface area contributed by atoms with Crippen molar-refractivity contribution in [1.29, 1.82) is 0 Å². The lowest BCUT2D eigenvalue weighted by atomic mass is 10.1. The van der Waals surface area contributed by atoms with Gasteiger partial charge in [0.25, 0.3) is 5.91 Å². The molecule has 4 aromatic rings. The molecule has 2 heterocycles. The Hall–Kier alpha value is -3.77. The average Bonchev–Trinajstić information content (AvgIpc) is 3.35. The summed E-state index contributed by atoms with van der Waals surface area (Å²) in [4.78, 5) is 23.7. The molecule has 1 fully saturated rings. The van der Waals surface area contributed by atoms with Crippen LogP contribution in [0, 0.1) is 0 Å². The van der Waals surface area contributed by atoms with E-state index in [1.807, 2.05) is 54.7 Å². The number of phenols is 1. The Morgan fingerprint density at radius 3 is 2.53 bits per heavy atom. The lowest BCUT2D eigenvalue weighted by Gasteiger charge is -2.15. The van der Waals surface area contributed by atoms with Crippen molar-refractivity contribution in [2.45, 2.75) is 6.42 Å². The van der Waals surface area contributed by atoms with E-state index in [2.05, 4.69) is 17.1 Å². The van der Waals surface area contributed by atoms with Crippen molar-refractivity contribution in [2.75, 3.05) is 6.54 Å². The van der Waals surface area contributed by atoms with E-state index in [-0.39, 0.29) is 11.7 Å². The lowest BCUT2D eigenvalue weighted by Crippen LogP contribution is -2.31. The van der Waals surface area contributed by atoms with E-state index < -0.39 is 0 Å². The number of thioether (sulfide) groups is 1. The van der Waals surface area contributed by atoms with Crippen molar-refractivity contribution in [2.24, 2.45) is 4.99 Å². The number of aromatic hydroxyl groups is 1. The van der Waals surface area contributed by atoms with Gasteiger partial charge < -0.3 is 10.1 Å². The monoisotopic (exact) mass is 439 g/mol. The minimum absolute atomic E-state index is 0.0578. The molecule has 0 atom stereocenters. The smallest absolute Gasteiger partial charge is 0.266 e. The Kier molecular flexibility index (Phi) is 5.52. The van der Waals surface area contributed by atoms with Crippen molar-refractivity contribution in [3.63, 3.8) is 0 Å². The van der Waals surface area contributed by atoms with Gasteiger partial charge in [0.2, 0.25) is 0 Å². The van der Waals surface area contributed by atoms with Crippen molar-refractivity contribution in [1.82, 2.24) is 9.88 Å². The first-order valence-electron chi connectivity index (χ1n) is 10.4. The Morgan fingerprint density at radius 1 is 0.969 bits per heavy atom. The lowest BCUT2D eigenvalue weighted by molar-refractivity contribution is -0.122. The van der Waals surface area contributed by atoms with Gasteiger partial charge in [-0.3, -0.25) is 9.69 Å². The van der Waals surface area contributed by atoms with Crippen LogP contribution in [0.3, 0.4) is 0 Å². The van der Waals surface area contributed by atoms with Gasteiger partial charge in [-0.25, -0.2) is 4.99 Å². The van der Waals surface area contributed by atoms with Crippen LogP contribution >= 0.6 is 11.8 Å².